The summed E-state index contributed by atoms with van der Waals surface area (Å²) in [6, 6.07) is 6.02. The molecule has 100 valence electrons. The Balaban J connectivity index is 2.31. The minimum Gasteiger partial charge on any atom is -0.288 e. The summed E-state index contributed by atoms with van der Waals surface area (Å²) >= 11 is 6.53. The molecule has 1 fully saturated rings. The first-order valence-corrected chi connectivity index (χ1v) is 7.05. The molecule has 1 aromatic rings. The minimum absolute atomic E-state index is 0.0909. The van der Waals surface area contributed by atoms with Gasteiger partial charge in [0.1, 0.15) is 10.1 Å². The Labute approximate surface area is 121 Å². The molecular weight excluding hydrogens is 281 g/mol. The molecule has 19 heavy (non-hydrogen) atoms. The summed E-state index contributed by atoms with van der Waals surface area (Å²) in [5.74, 6) is -0.383. The highest BCUT2D eigenvalue weighted by Gasteiger charge is 2.38. The highest BCUT2D eigenvalue weighted by atomic mass is 32.2. The van der Waals surface area contributed by atoms with Crippen LogP contribution >= 0.6 is 24.0 Å². The van der Waals surface area contributed by atoms with Crippen LogP contribution in [0.25, 0.3) is 6.08 Å². The van der Waals surface area contributed by atoms with Gasteiger partial charge >= 0.3 is 0 Å². The molecule has 0 bridgehead atoms. The zero-order chi connectivity index (χ0) is 14.2. The number of rotatable bonds is 1. The van der Waals surface area contributed by atoms with Gasteiger partial charge in [0.25, 0.3) is 5.91 Å². The van der Waals surface area contributed by atoms with Crippen molar-refractivity contribution in [3.63, 3.8) is 0 Å². The zero-order valence-corrected chi connectivity index (χ0v) is 12.6. The van der Waals surface area contributed by atoms with Gasteiger partial charge in [-0.05, 0) is 44.5 Å². The fourth-order valence-corrected chi connectivity index (χ4v) is 3.39. The highest BCUT2D eigenvalue weighted by molar-refractivity contribution is 8.26. The van der Waals surface area contributed by atoms with E-state index in [1.54, 1.807) is 23.1 Å². The number of hydrogen-bond donors (Lipinski definition) is 0. The predicted octanol–water partition coefficient (Wildman–Crippen LogP) is 3.83. The van der Waals surface area contributed by atoms with Gasteiger partial charge in [0.05, 0.1) is 4.91 Å². The Bertz CT molecular complexity index is 558. The van der Waals surface area contributed by atoms with E-state index in [0.29, 0.717) is 9.23 Å². The van der Waals surface area contributed by atoms with Crippen LogP contribution in [0.15, 0.2) is 29.2 Å². The van der Waals surface area contributed by atoms with Gasteiger partial charge in [-0.15, -0.1) is 0 Å². The summed E-state index contributed by atoms with van der Waals surface area (Å²) in [6.45, 7) is 5.83. The zero-order valence-electron chi connectivity index (χ0n) is 10.9. The van der Waals surface area contributed by atoms with Crippen LogP contribution in [0.4, 0.5) is 4.39 Å². The van der Waals surface area contributed by atoms with E-state index >= 15 is 0 Å². The molecule has 1 aromatic carbocycles. The van der Waals surface area contributed by atoms with Gasteiger partial charge in [0, 0.05) is 5.54 Å². The molecule has 1 amide bonds. The quantitative estimate of drug-likeness (QED) is 0.580. The maximum absolute atomic E-state index is 12.8. The smallest absolute Gasteiger partial charge is 0.266 e. The molecule has 5 heteroatoms. The van der Waals surface area contributed by atoms with Gasteiger partial charge in [-0.25, -0.2) is 4.39 Å². The molecule has 0 radical (unpaired) electrons. The SMILES string of the molecule is CC(C)(C)N1C(=O)/C(=C/c2ccc(F)cc2)SC1=S. The second kappa shape index (κ2) is 5.06. The Hall–Kier alpha value is -1.20. The van der Waals surface area contributed by atoms with E-state index in [2.05, 4.69) is 0 Å². The highest BCUT2D eigenvalue weighted by Crippen LogP contribution is 2.36. The summed E-state index contributed by atoms with van der Waals surface area (Å²) < 4.78 is 13.4. The van der Waals surface area contributed by atoms with Gasteiger partial charge in [-0.1, -0.05) is 36.1 Å². The van der Waals surface area contributed by atoms with Crippen molar-refractivity contribution in [2.75, 3.05) is 0 Å². The lowest BCUT2D eigenvalue weighted by atomic mass is 10.1. The summed E-state index contributed by atoms with van der Waals surface area (Å²) in [6.07, 6.45) is 1.74. The van der Waals surface area contributed by atoms with Crippen LogP contribution in [0.5, 0.6) is 0 Å². The van der Waals surface area contributed by atoms with E-state index in [1.807, 2.05) is 20.8 Å². The second-order valence-corrected chi connectivity index (χ2v) is 6.92. The van der Waals surface area contributed by atoms with Crippen molar-refractivity contribution in [2.24, 2.45) is 0 Å². The third-order valence-corrected chi connectivity index (χ3v) is 3.93. The number of carbonyl (C=O) groups is 1. The van der Waals surface area contributed by atoms with E-state index in [1.165, 1.54) is 23.9 Å². The number of thiocarbonyl (C=S) groups is 1. The van der Waals surface area contributed by atoms with E-state index in [9.17, 15) is 9.18 Å². The molecule has 2 rings (SSSR count). The Morgan fingerprint density at radius 1 is 1.26 bits per heavy atom. The van der Waals surface area contributed by atoms with Gasteiger partial charge in [0.15, 0.2) is 0 Å². The van der Waals surface area contributed by atoms with Crippen molar-refractivity contribution in [1.82, 2.24) is 4.90 Å². The van der Waals surface area contributed by atoms with Crippen LogP contribution in [0, 0.1) is 5.82 Å². The molecule has 0 aliphatic carbocycles. The molecular formula is C14H14FNOS2. The van der Waals surface area contributed by atoms with Gasteiger partial charge in [-0.3, -0.25) is 9.69 Å². The average molecular weight is 295 g/mol. The molecule has 0 saturated carbocycles. The fraction of sp³-hybridized carbons (Fsp3) is 0.286. The Kier molecular flexibility index (Phi) is 3.78. The lowest BCUT2D eigenvalue weighted by Gasteiger charge is -2.30. The number of amides is 1. The molecule has 2 nitrogen and oxygen atoms in total. The number of thioether (sulfide) groups is 1. The van der Waals surface area contributed by atoms with Crippen molar-refractivity contribution >= 4 is 40.3 Å². The van der Waals surface area contributed by atoms with E-state index in [-0.39, 0.29) is 17.3 Å². The molecule has 0 N–H and O–H groups in total. The Morgan fingerprint density at radius 2 is 1.84 bits per heavy atom. The fourth-order valence-electron chi connectivity index (χ4n) is 1.76. The molecule has 1 aliphatic heterocycles. The topological polar surface area (TPSA) is 20.3 Å². The molecule has 1 aliphatic rings. The maximum atomic E-state index is 12.8. The number of benzene rings is 1. The van der Waals surface area contributed by atoms with Crippen LogP contribution in [-0.2, 0) is 4.79 Å². The summed E-state index contributed by atoms with van der Waals surface area (Å²) in [7, 11) is 0. The summed E-state index contributed by atoms with van der Waals surface area (Å²) in [4.78, 5) is 14.5. The first-order valence-electron chi connectivity index (χ1n) is 5.83. The molecule has 0 aromatic heterocycles. The van der Waals surface area contributed by atoms with Crippen LogP contribution in [0.3, 0.4) is 0 Å². The minimum atomic E-state index is -0.334. The number of halogens is 1. The number of hydrogen-bond acceptors (Lipinski definition) is 3. The predicted molar refractivity (Wildman–Crippen MR) is 81.2 cm³/mol. The summed E-state index contributed by atoms with van der Waals surface area (Å²) in [5, 5.41) is 0. The van der Waals surface area contributed by atoms with Crippen molar-refractivity contribution in [3.05, 3.63) is 40.6 Å². The third-order valence-electron chi connectivity index (χ3n) is 2.63. The number of nitrogens with zero attached hydrogens (tertiary/aromatic N) is 1. The van der Waals surface area contributed by atoms with Crippen LogP contribution in [-0.4, -0.2) is 20.7 Å². The molecule has 1 saturated heterocycles. The van der Waals surface area contributed by atoms with Gasteiger partial charge in [-0.2, -0.15) is 0 Å². The first-order chi connectivity index (χ1) is 8.79. The third kappa shape index (κ3) is 3.04. The van der Waals surface area contributed by atoms with Gasteiger partial charge < -0.3 is 0 Å². The van der Waals surface area contributed by atoms with Crippen LogP contribution < -0.4 is 0 Å². The van der Waals surface area contributed by atoms with Crippen LogP contribution in [0.1, 0.15) is 26.3 Å². The summed E-state index contributed by atoms with van der Waals surface area (Å²) in [5.41, 5.74) is 0.454. The molecule has 0 atom stereocenters. The maximum Gasteiger partial charge on any atom is 0.266 e. The van der Waals surface area contributed by atoms with E-state index in [0.717, 1.165) is 5.56 Å². The Morgan fingerprint density at radius 3 is 2.32 bits per heavy atom. The van der Waals surface area contributed by atoms with Crippen molar-refractivity contribution < 1.29 is 9.18 Å². The van der Waals surface area contributed by atoms with Crippen molar-refractivity contribution in [3.8, 4) is 0 Å². The van der Waals surface area contributed by atoms with Crippen molar-refractivity contribution in [1.29, 1.82) is 0 Å². The van der Waals surface area contributed by atoms with Crippen molar-refractivity contribution in [2.45, 2.75) is 26.3 Å². The van der Waals surface area contributed by atoms with Crippen LogP contribution in [0.2, 0.25) is 0 Å². The molecule has 0 spiro atoms. The van der Waals surface area contributed by atoms with Gasteiger partial charge in [0.2, 0.25) is 0 Å². The standard InChI is InChI=1S/C14H14FNOS2/c1-14(2,3)16-12(17)11(19-13(16)18)8-9-4-6-10(15)7-5-9/h4-8H,1-3H3/b11-8-. The molecule has 1 heterocycles. The average Bonchev–Trinajstić information content (AvgIpc) is 2.56. The van der Waals surface area contributed by atoms with E-state index in [4.69, 9.17) is 12.2 Å². The molecule has 0 unspecified atom stereocenters. The lowest BCUT2D eigenvalue weighted by Crippen LogP contribution is -2.44. The van der Waals surface area contributed by atoms with E-state index < -0.39 is 0 Å². The lowest BCUT2D eigenvalue weighted by molar-refractivity contribution is -0.125. The first kappa shape index (κ1) is 14.2. The normalized spacial score (nSPS) is 18.5. The second-order valence-electron chi connectivity index (χ2n) is 5.24. The largest absolute Gasteiger partial charge is 0.288 e. The number of carbonyl (C=O) groups excluding carboxylic acids is 1. The monoisotopic (exact) mass is 295 g/mol.